The van der Waals surface area contributed by atoms with Gasteiger partial charge in [0, 0.05) is 5.69 Å². The van der Waals surface area contributed by atoms with Gasteiger partial charge in [-0.05, 0) is 35.4 Å². The van der Waals surface area contributed by atoms with Gasteiger partial charge in [-0.1, -0.05) is 24.3 Å². The smallest absolute Gasteiger partial charge is 0.335 e. The molecule has 0 radical (unpaired) electrons. The molecule has 0 bridgehead atoms. The minimum absolute atomic E-state index is 0.281. The molecule has 0 atom stereocenters. The third kappa shape index (κ3) is 2.29. The summed E-state index contributed by atoms with van der Waals surface area (Å²) < 4.78 is 1.81. The Balaban J connectivity index is 1.98. The van der Waals surface area contributed by atoms with Gasteiger partial charge in [0.25, 0.3) is 0 Å². The maximum Gasteiger partial charge on any atom is 0.335 e. The van der Waals surface area contributed by atoms with Crippen LogP contribution in [0.3, 0.4) is 0 Å². The Morgan fingerprint density at radius 3 is 2.30 bits per heavy atom. The van der Waals surface area contributed by atoms with E-state index in [1.807, 2.05) is 28.8 Å². The Hall–Kier alpha value is -2.95. The SMILES string of the molecule is O=C(O)c1ccc(-c2cccc(-n3cnnc3)c2)cc1. The van der Waals surface area contributed by atoms with Gasteiger partial charge in [0.1, 0.15) is 12.7 Å². The summed E-state index contributed by atoms with van der Waals surface area (Å²) in [7, 11) is 0. The highest BCUT2D eigenvalue weighted by Crippen LogP contribution is 2.22. The third-order valence-electron chi connectivity index (χ3n) is 3.03. The van der Waals surface area contributed by atoms with Gasteiger partial charge in [-0.25, -0.2) is 4.79 Å². The van der Waals surface area contributed by atoms with Crippen LogP contribution in [0.25, 0.3) is 16.8 Å². The van der Waals surface area contributed by atoms with Crippen molar-refractivity contribution >= 4 is 5.97 Å². The molecule has 0 spiro atoms. The van der Waals surface area contributed by atoms with E-state index in [4.69, 9.17) is 5.11 Å². The quantitative estimate of drug-likeness (QED) is 0.790. The van der Waals surface area contributed by atoms with Crippen molar-refractivity contribution in [1.82, 2.24) is 14.8 Å². The van der Waals surface area contributed by atoms with E-state index in [0.717, 1.165) is 16.8 Å². The van der Waals surface area contributed by atoms with Crippen molar-refractivity contribution in [2.75, 3.05) is 0 Å². The molecule has 1 aromatic heterocycles. The second-order valence-corrected chi connectivity index (χ2v) is 4.30. The van der Waals surface area contributed by atoms with Crippen molar-refractivity contribution in [3.8, 4) is 16.8 Å². The Labute approximate surface area is 115 Å². The van der Waals surface area contributed by atoms with Gasteiger partial charge in [0.2, 0.25) is 0 Å². The predicted molar refractivity (Wildman–Crippen MR) is 73.8 cm³/mol. The maximum absolute atomic E-state index is 10.8. The van der Waals surface area contributed by atoms with Crippen molar-refractivity contribution in [1.29, 1.82) is 0 Å². The Morgan fingerprint density at radius 2 is 1.65 bits per heavy atom. The first-order valence-corrected chi connectivity index (χ1v) is 6.03. The maximum atomic E-state index is 10.8. The lowest BCUT2D eigenvalue weighted by Crippen LogP contribution is -1.95. The normalized spacial score (nSPS) is 10.4. The molecule has 20 heavy (non-hydrogen) atoms. The van der Waals surface area contributed by atoms with Crippen LogP contribution in [0, 0.1) is 0 Å². The topological polar surface area (TPSA) is 68.0 Å². The number of carboxylic acid groups (broad SMARTS) is 1. The molecule has 0 unspecified atom stereocenters. The third-order valence-corrected chi connectivity index (χ3v) is 3.03. The number of aromatic nitrogens is 3. The number of rotatable bonds is 3. The largest absolute Gasteiger partial charge is 0.478 e. The molecular weight excluding hydrogens is 254 g/mol. The summed E-state index contributed by atoms with van der Waals surface area (Å²) >= 11 is 0. The lowest BCUT2D eigenvalue weighted by atomic mass is 10.0. The van der Waals surface area contributed by atoms with Crippen molar-refractivity contribution < 1.29 is 9.90 Å². The van der Waals surface area contributed by atoms with Crippen LogP contribution in [0.5, 0.6) is 0 Å². The highest BCUT2D eigenvalue weighted by molar-refractivity contribution is 5.88. The molecule has 3 aromatic rings. The Kier molecular flexibility index (Phi) is 3.01. The van der Waals surface area contributed by atoms with Gasteiger partial charge in [-0.3, -0.25) is 4.57 Å². The van der Waals surface area contributed by atoms with E-state index in [9.17, 15) is 4.79 Å². The first-order valence-electron chi connectivity index (χ1n) is 6.03. The summed E-state index contributed by atoms with van der Waals surface area (Å²) in [6, 6.07) is 14.7. The summed E-state index contributed by atoms with van der Waals surface area (Å²) in [5.74, 6) is -0.921. The Morgan fingerprint density at radius 1 is 0.950 bits per heavy atom. The lowest BCUT2D eigenvalue weighted by Gasteiger charge is -2.06. The van der Waals surface area contributed by atoms with E-state index in [2.05, 4.69) is 10.2 Å². The molecule has 1 heterocycles. The van der Waals surface area contributed by atoms with Gasteiger partial charge in [0.15, 0.2) is 0 Å². The van der Waals surface area contributed by atoms with Crippen LogP contribution in [0.15, 0.2) is 61.2 Å². The fraction of sp³-hybridized carbons (Fsp3) is 0. The van der Waals surface area contributed by atoms with Crippen molar-refractivity contribution in [3.63, 3.8) is 0 Å². The van der Waals surface area contributed by atoms with Crippen LogP contribution in [0.2, 0.25) is 0 Å². The number of benzene rings is 2. The van der Waals surface area contributed by atoms with E-state index in [1.54, 1.807) is 36.9 Å². The van der Waals surface area contributed by atoms with Crippen LogP contribution in [0.4, 0.5) is 0 Å². The molecule has 0 saturated carbocycles. The van der Waals surface area contributed by atoms with Crippen LogP contribution < -0.4 is 0 Å². The summed E-state index contributed by atoms with van der Waals surface area (Å²) in [6.45, 7) is 0. The minimum atomic E-state index is -0.921. The molecule has 1 N–H and O–H groups in total. The summed E-state index contributed by atoms with van der Waals surface area (Å²) in [4.78, 5) is 10.8. The Bertz CT molecular complexity index is 734. The molecule has 0 amide bonds. The van der Waals surface area contributed by atoms with E-state index >= 15 is 0 Å². The number of carbonyl (C=O) groups is 1. The van der Waals surface area contributed by atoms with Gasteiger partial charge in [0.05, 0.1) is 5.56 Å². The van der Waals surface area contributed by atoms with Gasteiger partial charge < -0.3 is 5.11 Å². The molecule has 0 aliphatic heterocycles. The second-order valence-electron chi connectivity index (χ2n) is 4.30. The summed E-state index contributed by atoms with van der Waals surface area (Å²) in [6.07, 6.45) is 3.26. The van der Waals surface area contributed by atoms with E-state index < -0.39 is 5.97 Å². The molecule has 2 aromatic carbocycles. The predicted octanol–water partition coefficient (Wildman–Crippen LogP) is 2.63. The zero-order chi connectivity index (χ0) is 13.9. The van der Waals surface area contributed by atoms with E-state index in [0.29, 0.717) is 0 Å². The van der Waals surface area contributed by atoms with E-state index in [1.165, 1.54) is 0 Å². The lowest BCUT2D eigenvalue weighted by molar-refractivity contribution is 0.0697. The summed E-state index contributed by atoms with van der Waals surface area (Å²) in [5.41, 5.74) is 3.21. The number of hydrogen-bond acceptors (Lipinski definition) is 3. The highest BCUT2D eigenvalue weighted by atomic mass is 16.4. The average Bonchev–Trinajstić information content (AvgIpc) is 3.02. The molecule has 5 nitrogen and oxygen atoms in total. The second kappa shape index (κ2) is 4.97. The molecule has 0 fully saturated rings. The standard InChI is InChI=1S/C15H11N3O2/c19-15(20)12-6-4-11(5-7-12)13-2-1-3-14(8-13)18-9-16-17-10-18/h1-10H,(H,19,20). The fourth-order valence-electron chi connectivity index (χ4n) is 1.99. The first kappa shape index (κ1) is 12.1. The molecule has 0 aliphatic carbocycles. The number of aromatic carboxylic acids is 1. The van der Waals surface area contributed by atoms with Crippen molar-refractivity contribution in [3.05, 3.63) is 66.7 Å². The zero-order valence-corrected chi connectivity index (χ0v) is 10.5. The fourth-order valence-corrected chi connectivity index (χ4v) is 1.99. The number of carboxylic acids is 1. The molecule has 3 rings (SSSR count). The van der Waals surface area contributed by atoms with Gasteiger partial charge >= 0.3 is 5.97 Å². The molecule has 5 heteroatoms. The van der Waals surface area contributed by atoms with Crippen LogP contribution >= 0.6 is 0 Å². The molecular formula is C15H11N3O2. The van der Waals surface area contributed by atoms with E-state index in [-0.39, 0.29) is 5.56 Å². The monoisotopic (exact) mass is 265 g/mol. The van der Waals surface area contributed by atoms with Crippen molar-refractivity contribution in [2.45, 2.75) is 0 Å². The molecule has 0 aliphatic rings. The zero-order valence-electron chi connectivity index (χ0n) is 10.5. The van der Waals surface area contributed by atoms with Gasteiger partial charge in [-0.2, -0.15) is 0 Å². The average molecular weight is 265 g/mol. The minimum Gasteiger partial charge on any atom is -0.478 e. The number of hydrogen-bond donors (Lipinski definition) is 1. The molecule has 0 saturated heterocycles. The highest BCUT2D eigenvalue weighted by Gasteiger charge is 2.04. The van der Waals surface area contributed by atoms with Gasteiger partial charge in [-0.15, -0.1) is 10.2 Å². The molecule has 98 valence electrons. The van der Waals surface area contributed by atoms with Crippen molar-refractivity contribution in [2.24, 2.45) is 0 Å². The van der Waals surface area contributed by atoms with Crippen LogP contribution in [0.1, 0.15) is 10.4 Å². The first-order chi connectivity index (χ1) is 9.74. The summed E-state index contributed by atoms with van der Waals surface area (Å²) in [5, 5.41) is 16.5. The van der Waals surface area contributed by atoms with Crippen LogP contribution in [-0.2, 0) is 0 Å². The number of nitrogens with zero attached hydrogens (tertiary/aromatic N) is 3. The van der Waals surface area contributed by atoms with Crippen LogP contribution in [-0.4, -0.2) is 25.8 Å².